The van der Waals surface area contributed by atoms with E-state index in [-0.39, 0.29) is 17.7 Å². The lowest BCUT2D eigenvalue weighted by Gasteiger charge is -2.04. The van der Waals surface area contributed by atoms with Crippen molar-refractivity contribution in [2.24, 2.45) is 0 Å². The van der Waals surface area contributed by atoms with Crippen molar-refractivity contribution in [1.29, 1.82) is 0 Å². The zero-order chi connectivity index (χ0) is 20.0. The summed E-state index contributed by atoms with van der Waals surface area (Å²) in [6, 6.07) is 11.0. The van der Waals surface area contributed by atoms with Crippen molar-refractivity contribution in [3.8, 4) is 16.2 Å². The SMILES string of the molecule is COc1ccc(-c2cc3ncn(Cc4cc(=O)n5ccsc5n4)c(=O)c3s2)cc1. The van der Waals surface area contributed by atoms with Crippen LogP contribution in [0, 0.1) is 0 Å². The molecule has 0 spiro atoms. The van der Waals surface area contributed by atoms with E-state index in [0.717, 1.165) is 16.2 Å². The topological polar surface area (TPSA) is 78.5 Å². The zero-order valence-electron chi connectivity index (χ0n) is 15.2. The Hall–Kier alpha value is -3.30. The number of thiophene rings is 1. The first kappa shape index (κ1) is 17.8. The van der Waals surface area contributed by atoms with Crippen LogP contribution in [0.5, 0.6) is 5.75 Å². The van der Waals surface area contributed by atoms with Crippen molar-refractivity contribution in [3.63, 3.8) is 0 Å². The van der Waals surface area contributed by atoms with E-state index in [4.69, 9.17) is 4.74 Å². The molecule has 0 atom stereocenters. The van der Waals surface area contributed by atoms with E-state index in [0.29, 0.717) is 20.9 Å². The van der Waals surface area contributed by atoms with Gasteiger partial charge in [-0.25, -0.2) is 9.97 Å². The van der Waals surface area contributed by atoms with Crippen LogP contribution in [0.25, 0.3) is 25.6 Å². The van der Waals surface area contributed by atoms with Gasteiger partial charge in [0.15, 0.2) is 4.96 Å². The normalized spacial score (nSPS) is 11.3. The fourth-order valence-electron chi connectivity index (χ4n) is 3.10. The third-order valence-corrected chi connectivity index (χ3v) is 6.48. The fraction of sp³-hybridized carbons (Fsp3) is 0.100. The second-order valence-electron chi connectivity index (χ2n) is 6.37. The van der Waals surface area contributed by atoms with Crippen molar-refractivity contribution >= 4 is 37.9 Å². The maximum Gasteiger partial charge on any atom is 0.271 e. The summed E-state index contributed by atoms with van der Waals surface area (Å²) in [7, 11) is 1.63. The van der Waals surface area contributed by atoms with E-state index < -0.39 is 0 Å². The van der Waals surface area contributed by atoms with Crippen LogP contribution in [0.3, 0.4) is 0 Å². The molecule has 7 nitrogen and oxygen atoms in total. The number of thiazole rings is 1. The van der Waals surface area contributed by atoms with E-state index in [2.05, 4.69) is 9.97 Å². The monoisotopic (exact) mass is 422 g/mol. The molecule has 29 heavy (non-hydrogen) atoms. The average Bonchev–Trinajstić information content (AvgIpc) is 3.38. The summed E-state index contributed by atoms with van der Waals surface area (Å²) in [5, 5.41) is 1.81. The lowest BCUT2D eigenvalue weighted by Crippen LogP contribution is -2.22. The second kappa shape index (κ2) is 6.94. The van der Waals surface area contributed by atoms with E-state index >= 15 is 0 Å². The minimum absolute atomic E-state index is 0.145. The molecule has 0 amide bonds. The van der Waals surface area contributed by atoms with Gasteiger partial charge in [-0.15, -0.1) is 22.7 Å². The number of hydrogen-bond acceptors (Lipinski definition) is 7. The molecular weight excluding hydrogens is 408 g/mol. The van der Waals surface area contributed by atoms with Crippen molar-refractivity contribution < 1.29 is 4.74 Å². The number of ether oxygens (including phenoxy) is 1. The number of nitrogens with zero attached hydrogens (tertiary/aromatic N) is 4. The Morgan fingerprint density at radius 3 is 2.76 bits per heavy atom. The van der Waals surface area contributed by atoms with Gasteiger partial charge in [-0.2, -0.15) is 0 Å². The van der Waals surface area contributed by atoms with E-state index in [9.17, 15) is 9.59 Å². The molecule has 0 saturated heterocycles. The van der Waals surface area contributed by atoms with Crippen LogP contribution < -0.4 is 15.9 Å². The smallest absolute Gasteiger partial charge is 0.271 e. The summed E-state index contributed by atoms with van der Waals surface area (Å²) >= 11 is 2.78. The predicted molar refractivity (Wildman–Crippen MR) is 114 cm³/mol. The Balaban J connectivity index is 1.54. The van der Waals surface area contributed by atoms with Gasteiger partial charge in [0.25, 0.3) is 11.1 Å². The molecule has 0 aliphatic rings. The molecule has 1 aromatic carbocycles. The van der Waals surface area contributed by atoms with Gasteiger partial charge in [0.2, 0.25) is 0 Å². The van der Waals surface area contributed by atoms with Crippen LogP contribution in [0.1, 0.15) is 5.69 Å². The fourth-order valence-corrected chi connectivity index (χ4v) is 4.90. The highest BCUT2D eigenvalue weighted by molar-refractivity contribution is 7.22. The Bertz CT molecular complexity index is 1460. The highest BCUT2D eigenvalue weighted by Crippen LogP contribution is 2.31. The number of fused-ring (bicyclic) bond motifs is 2. The summed E-state index contributed by atoms with van der Waals surface area (Å²) in [5.74, 6) is 0.779. The summed E-state index contributed by atoms with van der Waals surface area (Å²) in [4.78, 5) is 35.6. The van der Waals surface area contributed by atoms with Crippen LogP contribution in [-0.2, 0) is 6.54 Å². The van der Waals surface area contributed by atoms with Crippen molar-refractivity contribution in [2.75, 3.05) is 7.11 Å². The first-order valence-electron chi connectivity index (χ1n) is 8.71. The summed E-state index contributed by atoms with van der Waals surface area (Å²) in [6.07, 6.45) is 3.19. The van der Waals surface area contributed by atoms with Gasteiger partial charge in [0, 0.05) is 22.5 Å². The number of methoxy groups -OCH3 is 1. The molecule has 0 bridgehead atoms. The van der Waals surface area contributed by atoms with E-state index in [1.165, 1.54) is 44.0 Å². The van der Waals surface area contributed by atoms with Gasteiger partial charge in [0.05, 0.1) is 31.2 Å². The van der Waals surface area contributed by atoms with Crippen LogP contribution in [0.2, 0.25) is 0 Å². The molecule has 0 N–H and O–H groups in total. The van der Waals surface area contributed by atoms with Crippen molar-refractivity contribution in [1.82, 2.24) is 18.9 Å². The Morgan fingerprint density at radius 2 is 1.97 bits per heavy atom. The molecule has 0 aliphatic heterocycles. The number of rotatable bonds is 4. The summed E-state index contributed by atoms with van der Waals surface area (Å²) in [6.45, 7) is 0.196. The van der Waals surface area contributed by atoms with Gasteiger partial charge in [-0.1, -0.05) is 0 Å². The minimum Gasteiger partial charge on any atom is -0.497 e. The first-order chi connectivity index (χ1) is 14.1. The minimum atomic E-state index is -0.161. The molecule has 9 heteroatoms. The third-order valence-electron chi connectivity index (χ3n) is 4.57. The standard InChI is InChI=1S/C20H14N4O3S2/c1-27-14-4-2-12(3-5-14)16-9-15-18(29-16)19(26)23(11-21-15)10-13-8-17(25)24-6-7-28-20(24)22-13/h2-9,11H,10H2,1H3. The maximum atomic E-state index is 13.0. The quantitative estimate of drug-likeness (QED) is 0.444. The molecule has 0 aliphatic carbocycles. The molecule has 144 valence electrons. The molecule has 0 radical (unpaired) electrons. The molecular formula is C20H14N4O3S2. The van der Waals surface area contributed by atoms with Gasteiger partial charge in [-0.3, -0.25) is 18.6 Å². The van der Waals surface area contributed by atoms with E-state index in [1.807, 2.05) is 30.3 Å². The highest BCUT2D eigenvalue weighted by Gasteiger charge is 2.12. The van der Waals surface area contributed by atoms with Crippen LogP contribution in [0.15, 0.2) is 63.9 Å². The molecule has 4 aromatic heterocycles. The molecule has 5 rings (SSSR count). The molecule has 0 saturated carbocycles. The Morgan fingerprint density at radius 1 is 1.14 bits per heavy atom. The summed E-state index contributed by atoms with van der Waals surface area (Å²) in [5.41, 5.74) is 1.88. The van der Waals surface area contributed by atoms with Gasteiger partial charge >= 0.3 is 0 Å². The Labute approximate surface area is 172 Å². The first-order valence-corrected chi connectivity index (χ1v) is 10.4. The number of benzene rings is 1. The highest BCUT2D eigenvalue weighted by atomic mass is 32.1. The molecule has 0 fully saturated rings. The van der Waals surface area contributed by atoms with Crippen molar-refractivity contribution in [2.45, 2.75) is 6.54 Å². The number of aromatic nitrogens is 4. The van der Waals surface area contributed by atoms with Gasteiger partial charge < -0.3 is 4.74 Å². The van der Waals surface area contributed by atoms with Gasteiger partial charge in [0.1, 0.15) is 10.4 Å². The molecule has 5 aromatic rings. The Kier molecular flexibility index (Phi) is 4.26. The van der Waals surface area contributed by atoms with Crippen LogP contribution >= 0.6 is 22.7 Å². The molecule has 0 unspecified atom stereocenters. The molecule has 4 heterocycles. The maximum absolute atomic E-state index is 13.0. The van der Waals surface area contributed by atoms with Crippen LogP contribution in [0.4, 0.5) is 0 Å². The lowest BCUT2D eigenvalue weighted by atomic mass is 10.2. The van der Waals surface area contributed by atoms with E-state index in [1.54, 1.807) is 18.7 Å². The van der Waals surface area contributed by atoms with Crippen molar-refractivity contribution in [3.05, 3.63) is 80.7 Å². The van der Waals surface area contributed by atoms with Gasteiger partial charge in [-0.05, 0) is 35.9 Å². The zero-order valence-corrected chi connectivity index (χ0v) is 16.9. The summed E-state index contributed by atoms with van der Waals surface area (Å²) < 4.78 is 8.74. The number of hydrogen-bond donors (Lipinski definition) is 0. The average molecular weight is 422 g/mol. The largest absolute Gasteiger partial charge is 0.497 e. The van der Waals surface area contributed by atoms with Crippen LogP contribution in [-0.4, -0.2) is 26.0 Å². The second-order valence-corrected chi connectivity index (χ2v) is 8.30. The predicted octanol–water partition coefficient (Wildman–Crippen LogP) is 3.25. The lowest BCUT2D eigenvalue weighted by molar-refractivity contribution is 0.415. The third kappa shape index (κ3) is 3.14.